The maximum Gasteiger partial charge on any atom is 0.123 e. The van der Waals surface area contributed by atoms with Crippen molar-refractivity contribution in [3.8, 4) is 0 Å². The summed E-state index contributed by atoms with van der Waals surface area (Å²) in [6.45, 7) is 8.51. The highest BCUT2D eigenvalue weighted by atomic mass is 19.1. The first-order chi connectivity index (χ1) is 8.96. The third kappa shape index (κ3) is 2.81. The molecule has 2 rings (SSSR count). The van der Waals surface area contributed by atoms with Gasteiger partial charge in [0.05, 0.1) is 6.04 Å². The van der Waals surface area contributed by atoms with Crippen LogP contribution in [0.15, 0.2) is 18.2 Å². The molecule has 19 heavy (non-hydrogen) atoms. The largest absolute Gasteiger partial charge is 0.296 e. The molecular weight excluding hydrogens is 241 g/mol. The molecule has 0 saturated carbocycles. The Morgan fingerprint density at radius 1 is 1.32 bits per heavy atom. The number of nitrogens with zero attached hydrogens (tertiary/aromatic N) is 1. The van der Waals surface area contributed by atoms with E-state index in [9.17, 15) is 4.39 Å². The van der Waals surface area contributed by atoms with Crippen LogP contribution in [0.25, 0.3) is 0 Å². The van der Waals surface area contributed by atoms with Gasteiger partial charge in [-0.15, -0.1) is 0 Å². The number of rotatable bonds is 4. The molecule has 0 amide bonds. The molecule has 0 spiro atoms. The Morgan fingerprint density at radius 3 is 2.53 bits per heavy atom. The third-order valence-electron chi connectivity index (χ3n) is 4.35. The number of benzene rings is 1. The summed E-state index contributed by atoms with van der Waals surface area (Å²) in [4.78, 5) is 2.43. The molecule has 1 heterocycles. The number of hydrogen-bond donors (Lipinski definition) is 2. The molecule has 0 aliphatic carbocycles. The van der Waals surface area contributed by atoms with E-state index in [1.807, 2.05) is 13.0 Å². The standard InChI is InChI=1S/C15H24FN3/c1-11-6-7-12(16)10-13(11)14(18-17)15(2,3)19-8-4-5-9-19/h6-7,10,14,18H,4-5,8-9,17H2,1-3H3. The Balaban J connectivity index is 2.35. The van der Waals surface area contributed by atoms with Crippen molar-refractivity contribution in [1.82, 2.24) is 10.3 Å². The lowest BCUT2D eigenvalue weighted by atomic mass is 9.85. The monoisotopic (exact) mass is 265 g/mol. The summed E-state index contributed by atoms with van der Waals surface area (Å²) < 4.78 is 13.5. The molecule has 1 unspecified atom stereocenters. The Labute approximate surface area is 114 Å². The Bertz CT molecular complexity index is 439. The number of likely N-dealkylation sites (tertiary alicyclic amines) is 1. The van der Waals surface area contributed by atoms with Crippen molar-refractivity contribution in [2.75, 3.05) is 13.1 Å². The Hall–Kier alpha value is -0.970. The van der Waals surface area contributed by atoms with Gasteiger partial charge >= 0.3 is 0 Å². The van der Waals surface area contributed by atoms with E-state index < -0.39 is 0 Å². The fourth-order valence-corrected chi connectivity index (χ4v) is 3.07. The molecule has 4 heteroatoms. The number of halogens is 1. The zero-order valence-corrected chi connectivity index (χ0v) is 12.0. The molecule has 1 aliphatic heterocycles. The average Bonchev–Trinajstić information content (AvgIpc) is 2.88. The summed E-state index contributed by atoms with van der Waals surface area (Å²) in [6.07, 6.45) is 2.45. The Morgan fingerprint density at radius 2 is 1.95 bits per heavy atom. The first-order valence-electron chi connectivity index (χ1n) is 6.94. The van der Waals surface area contributed by atoms with Gasteiger partial charge in [0.15, 0.2) is 0 Å². The second-order valence-electron chi connectivity index (χ2n) is 5.95. The number of hydrogen-bond acceptors (Lipinski definition) is 3. The predicted molar refractivity (Wildman–Crippen MR) is 76.1 cm³/mol. The van der Waals surface area contributed by atoms with E-state index in [1.54, 1.807) is 6.07 Å². The van der Waals surface area contributed by atoms with Gasteiger partial charge in [-0.3, -0.25) is 16.2 Å². The van der Waals surface area contributed by atoms with Gasteiger partial charge in [0.1, 0.15) is 5.82 Å². The highest BCUT2D eigenvalue weighted by molar-refractivity contribution is 5.32. The molecule has 1 atom stereocenters. The van der Waals surface area contributed by atoms with E-state index in [0.29, 0.717) is 0 Å². The van der Waals surface area contributed by atoms with Gasteiger partial charge in [-0.25, -0.2) is 4.39 Å². The molecule has 1 aliphatic rings. The second-order valence-corrected chi connectivity index (χ2v) is 5.95. The van der Waals surface area contributed by atoms with Gasteiger partial charge in [-0.2, -0.15) is 0 Å². The number of hydrazine groups is 1. The summed E-state index contributed by atoms with van der Waals surface area (Å²) in [5, 5.41) is 0. The SMILES string of the molecule is Cc1ccc(F)cc1C(NN)C(C)(C)N1CCCC1. The van der Waals surface area contributed by atoms with E-state index >= 15 is 0 Å². The van der Waals surface area contributed by atoms with Crippen molar-refractivity contribution < 1.29 is 4.39 Å². The molecule has 0 bridgehead atoms. The van der Waals surface area contributed by atoms with Gasteiger partial charge in [0, 0.05) is 5.54 Å². The summed E-state index contributed by atoms with van der Waals surface area (Å²) in [5.74, 6) is 5.57. The lowest BCUT2D eigenvalue weighted by Crippen LogP contribution is -2.53. The minimum Gasteiger partial charge on any atom is -0.296 e. The normalized spacial score (nSPS) is 18.8. The minimum absolute atomic E-state index is 0.0821. The van der Waals surface area contributed by atoms with Crippen LogP contribution in [0.3, 0.4) is 0 Å². The van der Waals surface area contributed by atoms with Crippen LogP contribution in [-0.2, 0) is 0 Å². The number of aryl methyl sites for hydroxylation is 1. The van der Waals surface area contributed by atoms with Crippen molar-refractivity contribution in [2.45, 2.75) is 45.2 Å². The highest BCUT2D eigenvalue weighted by Crippen LogP contribution is 2.34. The van der Waals surface area contributed by atoms with Gasteiger partial charge in [-0.05, 0) is 70.0 Å². The molecule has 0 radical (unpaired) electrons. The maximum atomic E-state index is 13.5. The molecular formula is C15H24FN3. The first-order valence-corrected chi connectivity index (χ1v) is 6.94. The van der Waals surface area contributed by atoms with Crippen LogP contribution >= 0.6 is 0 Å². The maximum absolute atomic E-state index is 13.5. The Kier molecular flexibility index (Phi) is 4.23. The van der Waals surface area contributed by atoms with Crippen LogP contribution in [0.1, 0.15) is 43.9 Å². The first kappa shape index (κ1) is 14.4. The van der Waals surface area contributed by atoms with Gasteiger partial charge in [0.2, 0.25) is 0 Å². The van der Waals surface area contributed by atoms with Gasteiger partial charge in [0.25, 0.3) is 0 Å². The molecule has 1 saturated heterocycles. The van der Waals surface area contributed by atoms with Gasteiger partial charge < -0.3 is 0 Å². The van der Waals surface area contributed by atoms with E-state index in [0.717, 1.165) is 24.2 Å². The summed E-state index contributed by atoms with van der Waals surface area (Å²) in [6, 6.07) is 4.82. The third-order valence-corrected chi connectivity index (χ3v) is 4.35. The number of nitrogens with one attached hydrogen (secondary N) is 1. The van der Waals surface area contributed by atoms with Crippen molar-refractivity contribution in [2.24, 2.45) is 5.84 Å². The molecule has 1 fully saturated rings. The van der Waals surface area contributed by atoms with Crippen molar-refractivity contribution in [1.29, 1.82) is 0 Å². The van der Waals surface area contributed by atoms with Crippen molar-refractivity contribution in [3.63, 3.8) is 0 Å². The zero-order chi connectivity index (χ0) is 14.0. The van der Waals surface area contributed by atoms with Crippen LogP contribution in [0, 0.1) is 12.7 Å². The quantitative estimate of drug-likeness (QED) is 0.649. The molecule has 3 N–H and O–H groups in total. The summed E-state index contributed by atoms with van der Waals surface area (Å²) in [7, 11) is 0. The molecule has 1 aromatic carbocycles. The zero-order valence-electron chi connectivity index (χ0n) is 12.0. The van der Waals surface area contributed by atoms with Crippen molar-refractivity contribution in [3.05, 3.63) is 35.1 Å². The fraction of sp³-hybridized carbons (Fsp3) is 0.600. The second kappa shape index (κ2) is 5.57. The lowest BCUT2D eigenvalue weighted by molar-refractivity contribution is 0.106. The van der Waals surface area contributed by atoms with E-state index in [2.05, 4.69) is 24.2 Å². The summed E-state index contributed by atoms with van der Waals surface area (Å²) >= 11 is 0. The van der Waals surface area contributed by atoms with Crippen LogP contribution in [-0.4, -0.2) is 23.5 Å². The minimum atomic E-state index is -0.210. The van der Waals surface area contributed by atoms with E-state index in [4.69, 9.17) is 5.84 Å². The molecule has 3 nitrogen and oxygen atoms in total. The molecule has 0 aromatic heterocycles. The van der Waals surface area contributed by atoms with Crippen LogP contribution in [0.5, 0.6) is 0 Å². The van der Waals surface area contributed by atoms with Crippen molar-refractivity contribution >= 4 is 0 Å². The smallest absolute Gasteiger partial charge is 0.123 e. The summed E-state index contributed by atoms with van der Waals surface area (Å²) in [5.41, 5.74) is 4.77. The van der Waals surface area contributed by atoms with E-state index in [1.165, 1.54) is 18.9 Å². The van der Waals surface area contributed by atoms with Crippen LogP contribution < -0.4 is 11.3 Å². The fourth-order valence-electron chi connectivity index (χ4n) is 3.07. The van der Waals surface area contributed by atoms with Crippen LogP contribution in [0.2, 0.25) is 0 Å². The van der Waals surface area contributed by atoms with Crippen LogP contribution in [0.4, 0.5) is 4.39 Å². The number of nitrogens with two attached hydrogens (primary N) is 1. The van der Waals surface area contributed by atoms with Gasteiger partial charge in [-0.1, -0.05) is 6.07 Å². The topological polar surface area (TPSA) is 41.3 Å². The average molecular weight is 265 g/mol. The highest BCUT2D eigenvalue weighted by Gasteiger charge is 2.37. The lowest BCUT2D eigenvalue weighted by Gasteiger charge is -2.42. The molecule has 106 valence electrons. The van der Waals surface area contributed by atoms with E-state index in [-0.39, 0.29) is 17.4 Å². The molecule has 1 aromatic rings. The predicted octanol–water partition coefficient (Wildman–Crippen LogP) is 2.51.